The van der Waals surface area contributed by atoms with Gasteiger partial charge in [-0.05, 0) is 31.4 Å². The minimum atomic E-state index is -0.454. The largest absolute Gasteiger partial charge is 0.369 e. The van der Waals surface area contributed by atoms with E-state index in [0.29, 0.717) is 17.5 Å². The van der Waals surface area contributed by atoms with Gasteiger partial charge in [-0.25, -0.2) is 0 Å². The maximum atomic E-state index is 12.2. The van der Waals surface area contributed by atoms with Gasteiger partial charge in [0.25, 0.3) is 11.8 Å². The third-order valence-corrected chi connectivity index (χ3v) is 4.62. The maximum absolute atomic E-state index is 12.2. The number of nitrogens with one attached hydrogen (secondary N) is 1. The summed E-state index contributed by atoms with van der Waals surface area (Å²) in [5.41, 5.74) is 5.97. The van der Waals surface area contributed by atoms with Gasteiger partial charge in [-0.1, -0.05) is 18.6 Å². The molecule has 0 bridgehead atoms. The number of imide groups is 1. The highest BCUT2D eigenvalue weighted by atomic mass is 16.2. The molecule has 3 rings (SSSR count). The first-order valence-electron chi connectivity index (χ1n) is 8.01. The van der Waals surface area contributed by atoms with Crippen molar-refractivity contribution < 1.29 is 19.2 Å². The average Bonchev–Trinajstić information content (AvgIpc) is 2.80. The molecule has 0 aromatic heterocycles. The van der Waals surface area contributed by atoms with Crippen LogP contribution < -0.4 is 11.1 Å². The molecule has 1 fully saturated rings. The lowest BCUT2D eigenvalue weighted by atomic mass is 9.85. The Balaban J connectivity index is 1.61. The normalized spacial score (nSPS) is 23.1. The van der Waals surface area contributed by atoms with Crippen LogP contribution in [0.1, 0.15) is 46.4 Å². The highest BCUT2D eigenvalue weighted by molar-refractivity contribution is 6.22. The third kappa shape index (κ3) is 3.02. The second-order valence-corrected chi connectivity index (χ2v) is 6.27. The molecule has 1 saturated carbocycles. The van der Waals surface area contributed by atoms with Crippen LogP contribution in [0.3, 0.4) is 0 Å². The number of nitrogens with two attached hydrogens (primary N) is 1. The fourth-order valence-electron chi connectivity index (χ4n) is 3.38. The van der Waals surface area contributed by atoms with Crippen molar-refractivity contribution in [1.29, 1.82) is 0 Å². The third-order valence-electron chi connectivity index (χ3n) is 4.62. The van der Waals surface area contributed by atoms with E-state index in [4.69, 9.17) is 5.73 Å². The predicted molar refractivity (Wildman–Crippen MR) is 84.9 cm³/mol. The van der Waals surface area contributed by atoms with Gasteiger partial charge in [-0.2, -0.15) is 0 Å². The van der Waals surface area contributed by atoms with Gasteiger partial charge in [0.05, 0.1) is 11.1 Å². The van der Waals surface area contributed by atoms with Gasteiger partial charge in [-0.15, -0.1) is 0 Å². The molecule has 126 valence electrons. The van der Waals surface area contributed by atoms with E-state index in [1.54, 1.807) is 24.3 Å². The van der Waals surface area contributed by atoms with E-state index in [-0.39, 0.29) is 24.4 Å². The molecule has 2 atom stereocenters. The fourth-order valence-corrected chi connectivity index (χ4v) is 3.38. The van der Waals surface area contributed by atoms with Crippen LogP contribution in [0, 0.1) is 5.92 Å². The number of amides is 4. The first kappa shape index (κ1) is 16.2. The van der Waals surface area contributed by atoms with Gasteiger partial charge in [0.2, 0.25) is 11.8 Å². The fraction of sp³-hybridized carbons (Fsp3) is 0.412. The lowest BCUT2D eigenvalue weighted by Gasteiger charge is -2.28. The highest BCUT2D eigenvalue weighted by Gasteiger charge is 2.36. The van der Waals surface area contributed by atoms with Crippen LogP contribution in [0.15, 0.2) is 24.3 Å². The summed E-state index contributed by atoms with van der Waals surface area (Å²) in [6.07, 6.45) is 2.81. The molecule has 1 aliphatic carbocycles. The van der Waals surface area contributed by atoms with Crippen molar-refractivity contribution in [1.82, 2.24) is 10.2 Å². The van der Waals surface area contributed by atoms with Crippen LogP contribution in [0.4, 0.5) is 0 Å². The van der Waals surface area contributed by atoms with Crippen LogP contribution in [0.2, 0.25) is 0 Å². The van der Waals surface area contributed by atoms with Crippen LogP contribution in [0.25, 0.3) is 0 Å². The Morgan fingerprint density at radius 2 is 1.75 bits per heavy atom. The number of fused-ring (bicyclic) bond motifs is 1. The summed E-state index contributed by atoms with van der Waals surface area (Å²) in [5.74, 6) is -1.90. The number of nitrogens with zero attached hydrogens (tertiary/aromatic N) is 1. The van der Waals surface area contributed by atoms with Gasteiger partial charge < -0.3 is 11.1 Å². The molecule has 1 aromatic carbocycles. The van der Waals surface area contributed by atoms with Crippen molar-refractivity contribution in [3.05, 3.63) is 35.4 Å². The Bertz CT molecular complexity index is 681. The van der Waals surface area contributed by atoms with Gasteiger partial charge >= 0.3 is 0 Å². The number of primary amides is 1. The van der Waals surface area contributed by atoms with Crippen molar-refractivity contribution in [2.24, 2.45) is 11.7 Å². The van der Waals surface area contributed by atoms with E-state index in [2.05, 4.69) is 5.32 Å². The molecule has 3 N–H and O–H groups in total. The molecule has 0 unspecified atom stereocenters. The number of rotatable bonds is 4. The van der Waals surface area contributed by atoms with E-state index < -0.39 is 17.7 Å². The van der Waals surface area contributed by atoms with Crippen molar-refractivity contribution in [2.45, 2.75) is 31.7 Å². The highest BCUT2D eigenvalue weighted by Crippen LogP contribution is 2.25. The van der Waals surface area contributed by atoms with Crippen molar-refractivity contribution in [3.63, 3.8) is 0 Å². The first-order valence-corrected chi connectivity index (χ1v) is 8.01. The van der Waals surface area contributed by atoms with Crippen LogP contribution >= 0.6 is 0 Å². The molecule has 7 heteroatoms. The summed E-state index contributed by atoms with van der Waals surface area (Å²) >= 11 is 0. The molecule has 2 aliphatic rings. The Kier molecular flexibility index (Phi) is 4.33. The molecule has 1 aliphatic heterocycles. The Hall–Kier alpha value is -2.70. The minimum absolute atomic E-state index is 0.154. The predicted octanol–water partition coefficient (Wildman–Crippen LogP) is 0.443. The van der Waals surface area contributed by atoms with Gasteiger partial charge in [0.15, 0.2) is 0 Å². The number of hydrogen-bond acceptors (Lipinski definition) is 4. The molecule has 1 heterocycles. The van der Waals surface area contributed by atoms with E-state index in [1.807, 2.05) is 0 Å². The molecule has 1 aromatic rings. The summed E-state index contributed by atoms with van der Waals surface area (Å²) < 4.78 is 0. The van der Waals surface area contributed by atoms with E-state index in [9.17, 15) is 19.2 Å². The van der Waals surface area contributed by atoms with Crippen LogP contribution in [-0.4, -0.2) is 41.1 Å². The number of benzene rings is 1. The Morgan fingerprint density at radius 3 is 2.33 bits per heavy atom. The van der Waals surface area contributed by atoms with Crippen LogP contribution in [0.5, 0.6) is 0 Å². The number of hydrogen-bond donors (Lipinski definition) is 2. The monoisotopic (exact) mass is 329 g/mol. The molecule has 0 spiro atoms. The van der Waals surface area contributed by atoms with E-state index in [0.717, 1.165) is 24.2 Å². The summed E-state index contributed by atoms with van der Waals surface area (Å²) in [7, 11) is 0. The standard InChI is InChI=1S/C17H19N3O4/c18-15(22)10-4-3-5-11(8-10)19-14(21)9-20-16(23)12-6-1-2-7-13(12)17(20)24/h1-2,6-7,10-11H,3-5,8-9H2,(H2,18,22)(H,19,21)/t10-,11+/m1/s1. The summed E-state index contributed by atoms with van der Waals surface area (Å²) in [6, 6.07) is 6.36. The Labute approximate surface area is 139 Å². The van der Waals surface area contributed by atoms with Gasteiger partial charge in [0, 0.05) is 12.0 Å². The molecule has 0 radical (unpaired) electrons. The SMILES string of the molecule is NC(=O)[C@@H]1CCC[C@H](NC(=O)CN2C(=O)c3ccccc3C2=O)C1. The van der Waals surface area contributed by atoms with Crippen molar-refractivity contribution in [3.8, 4) is 0 Å². The lowest BCUT2D eigenvalue weighted by Crippen LogP contribution is -2.46. The van der Waals surface area contributed by atoms with E-state index in [1.165, 1.54) is 0 Å². The van der Waals surface area contributed by atoms with E-state index >= 15 is 0 Å². The second-order valence-electron chi connectivity index (χ2n) is 6.27. The summed E-state index contributed by atoms with van der Waals surface area (Å²) in [4.78, 5) is 48.9. The van der Waals surface area contributed by atoms with Gasteiger partial charge in [-0.3, -0.25) is 24.1 Å². The van der Waals surface area contributed by atoms with Crippen molar-refractivity contribution in [2.75, 3.05) is 6.54 Å². The van der Waals surface area contributed by atoms with Crippen molar-refractivity contribution >= 4 is 23.6 Å². The molecule has 7 nitrogen and oxygen atoms in total. The smallest absolute Gasteiger partial charge is 0.262 e. The molecular weight excluding hydrogens is 310 g/mol. The first-order chi connectivity index (χ1) is 11.5. The average molecular weight is 329 g/mol. The van der Waals surface area contributed by atoms with Crippen LogP contribution in [-0.2, 0) is 9.59 Å². The maximum Gasteiger partial charge on any atom is 0.262 e. The molecule has 0 saturated heterocycles. The molecule has 24 heavy (non-hydrogen) atoms. The Morgan fingerprint density at radius 1 is 1.12 bits per heavy atom. The van der Waals surface area contributed by atoms with Gasteiger partial charge in [0.1, 0.15) is 6.54 Å². The summed E-state index contributed by atoms with van der Waals surface area (Å²) in [6.45, 7) is -0.315. The number of carbonyl (C=O) groups is 4. The molecular formula is C17H19N3O4. The second kappa shape index (κ2) is 6.43. The zero-order valence-electron chi connectivity index (χ0n) is 13.2. The summed E-state index contributed by atoms with van der Waals surface area (Å²) in [5, 5.41) is 2.81. The lowest BCUT2D eigenvalue weighted by molar-refractivity contribution is -0.125. The molecule has 4 amide bonds. The number of carbonyl (C=O) groups excluding carboxylic acids is 4. The quantitative estimate of drug-likeness (QED) is 0.781. The zero-order chi connectivity index (χ0) is 17.3. The topological polar surface area (TPSA) is 110 Å². The minimum Gasteiger partial charge on any atom is -0.369 e. The zero-order valence-corrected chi connectivity index (χ0v) is 13.2.